The number of rotatable bonds is 19. The predicted molar refractivity (Wildman–Crippen MR) is 232 cm³/mol. The maximum absolute atomic E-state index is 11.3. The zero-order valence-corrected chi connectivity index (χ0v) is 37.2. The quantitative estimate of drug-likeness (QED) is 0.0645. The van der Waals surface area contributed by atoms with Gasteiger partial charge in [0.2, 0.25) is 9.05 Å². The van der Waals surface area contributed by atoms with Crippen molar-refractivity contribution in [3.63, 3.8) is 0 Å². The fourth-order valence-corrected chi connectivity index (χ4v) is 5.06. The minimum absolute atomic E-state index is 0. The molecule has 350 valence electrons. The van der Waals surface area contributed by atoms with E-state index in [1.807, 2.05) is 45.0 Å². The number of benzene rings is 3. The van der Waals surface area contributed by atoms with Gasteiger partial charge in [-0.3, -0.25) is 22.7 Å². The van der Waals surface area contributed by atoms with Crippen LogP contribution in [-0.2, 0) is 81.3 Å². The van der Waals surface area contributed by atoms with Gasteiger partial charge in [0.25, 0.3) is 20.2 Å². The lowest BCUT2D eigenvalue weighted by molar-refractivity contribution is -0.142. The Bertz CT molecular complexity index is 1960. The summed E-state index contributed by atoms with van der Waals surface area (Å²) >= 11 is 4.64. The molecule has 0 radical (unpaired) electrons. The largest absolute Gasteiger partial charge is 0.494 e. The Hall–Kier alpha value is -4.22. The minimum Gasteiger partial charge on any atom is -0.494 e. The molecule has 0 amide bonds. The third kappa shape index (κ3) is 35.1. The third-order valence-electron chi connectivity index (χ3n) is 6.08. The fourth-order valence-electron chi connectivity index (χ4n) is 3.52. The lowest BCUT2D eigenvalue weighted by Gasteiger charge is -2.06. The highest BCUT2D eigenvalue weighted by Crippen LogP contribution is 2.14. The average Bonchev–Trinajstić information content (AvgIpc) is 3.18. The molecule has 0 saturated heterocycles. The van der Waals surface area contributed by atoms with Gasteiger partial charge >= 0.3 is 17.9 Å². The standard InChI is InChI=1S/C12H16O6S.C11H13ClO5S.C9H12O2.C3H6O5S.CH3Cl.2CH4/c1-3-17-11-6-4-10(5-7-11)8-18-12(13)9-19(14,15)16-2;1-2-16-10-5-3-9(4-6-10)7-17-11(13)8-18(12,14)15;1-2-11-9-5-3-8(7-10)4-6-9;1-8-9(6,7)2-3(4)5;1-2;;/h4-7H,3,8-9H2,1-2H3;3-6H,2,7-8H2,1H3;3-6,10H,2,7H2,1H3;2H2,1H3,(H,4,5);1H3;2*1H4. The first-order valence-corrected chi connectivity index (χ1v) is 23.3. The zero-order valence-electron chi connectivity index (χ0n) is 33.2. The molecule has 3 aromatic carbocycles. The number of hydrogen-bond donors (Lipinski definition) is 2. The van der Waals surface area contributed by atoms with Crippen molar-refractivity contribution in [1.29, 1.82) is 0 Å². The summed E-state index contributed by atoms with van der Waals surface area (Å²) in [6.45, 7) is 7.62. The van der Waals surface area contributed by atoms with Crippen molar-refractivity contribution >= 4 is 69.5 Å². The molecule has 23 heteroatoms. The van der Waals surface area contributed by atoms with Crippen molar-refractivity contribution in [2.24, 2.45) is 0 Å². The van der Waals surface area contributed by atoms with Crippen LogP contribution in [0.4, 0.5) is 0 Å². The number of esters is 2. The van der Waals surface area contributed by atoms with E-state index in [0.29, 0.717) is 19.8 Å². The van der Waals surface area contributed by atoms with Crippen LogP contribution >= 0.6 is 22.3 Å². The Morgan fingerprint density at radius 1 is 0.541 bits per heavy atom. The van der Waals surface area contributed by atoms with Crippen LogP contribution in [-0.4, -0.2) is 111 Å². The van der Waals surface area contributed by atoms with Crippen molar-refractivity contribution in [3.8, 4) is 17.2 Å². The molecule has 0 unspecified atom stereocenters. The van der Waals surface area contributed by atoms with E-state index in [1.165, 1.54) is 6.38 Å². The summed E-state index contributed by atoms with van der Waals surface area (Å²) in [6, 6.07) is 21.3. The summed E-state index contributed by atoms with van der Waals surface area (Å²) in [4.78, 5) is 32.1. The lowest BCUT2D eigenvalue weighted by atomic mass is 10.2. The van der Waals surface area contributed by atoms with Crippen LogP contribution in [0.2, 0.25) is 0 Å². The molecule has 3 aromatic rings. The highest BCUT2D eigenvalue weighted by atomic mass is 35.7. The first kappa shape index (κ1) is 63.4. The van der Waals surface area contributed by atoms with E-state index >= 15 is 0 Å². The number of carbonyl (C=O) groups excluding carboxylic acids is 2. The van der Waals surface area contributed by atoms with E-state index in [4.69, 9.17) is 44.6 Å². The van der Waals surface area contributed by atoms with E-state index in [2.05, 4.69) is 20.0 Å². The normalized spacial score (nSPS) is 10.2. The zero-order chi connectivity index (χ0) is 45.5. The number of aliphatic hydroxyl groups excluding tert-OH is 1. The van der Waals surface area contributed by atoms with Crippen LogP contribution in [0.25, 0.3) is 0 Å². The van der Waals surface area contributed by atoms with Crippen LogP contribution in [0.15, 0.2) is 72.8 Å². The molecular weight excluding hydrogens is 912 g/mol. The van der Waals surface area contributed by atoms with Gasteiger partial charge in [0.05, 0.1) is 40.6 Å². The van der Waals surface area contributed by atoms with Gasteiger partial charge in [-0.05, 0) is 73.9 Å². The Kier molecular flexibility index (Phi) is 36.8. The van der Waals surface area contributed by atoms with Crippen molar-refractivity contribution in [1.82, 2.24) is 0 Å². The molecule has 0 aliphatic carbocycles. The number of carboxylic acids is 1. The first-order valence-electron chi connectivity index (χ1n) is 16.9. The van der Waals surface area contributed by atoms with E-state index in [1.54, 1.807) is 48.5 Å². The van der Waals surface area contributed by atoms with Crippen molar-refractivity contribution in [2.45, 2.75) is 55.4 Å². The second-order valence-electron chi connectivity index (χ2n) is 10.5. The number of ether oxygens (including phenoxy) is 5. The molecular formula is C38H58Cl2O18S3. The molecule has 0 fully saturated rings. The maximum atomic E-state index is 11.3. The average molecular weight is 970 g/mol. The van der Waals surface area contributed by atoms with Gasteiger partial charge in [-0.25, -0.2) is 8.42 Å². The van der Waals surface area contributed by atoms with Gasteiger partial charge in [-0.1, -0.05) is 51.3 Å². The summed E-state index contributed by atoms with van der Waals surface area (Å²) in [5, 5.41) is 16.6. The van der Waals surface area contributed by atoms with Crippen LogP contribution in [0.1, 0.15) is 52.3 Å². The Labute approximate surface area is 369 Å². The van der Waals surface area contributed by atoms with Gasteiger partial charge in [0.1, 0.15) is 30.5 Å². The Morgan fingerprint density at radius 3 is 1.08 bits per heavy atom. The first-order chi connectivity index (χ1) is 27.7. The smallest absolute Gasteiger partial charge is 0.324 e. The molecule has 61 heavy (non-hydrogen) atoms. The lowest BCUT2D eigenvalue weighted by Crippen LogP contribution is -2.19. The second kappa shape index (κ2) is 35.4. The van der Waals surface area contributed by atoms with E-state index < -0.39 is 64.5 Å². The Morgan fingerprint density at radius 2 is 0.836 bits per heavy atom. The monoisotopic (exact) mass is 968 g/mol. The molecule has 0 atom stereocenters. The number of hydrogen-bond acceptors (Lipinski definition) is 17. The molecule has 0 aromatic heterocycles. The van der Waals surface area contributed by atoms with Crippen molar-refractivity contribution in [2.75, 3.05) is 57.7 Å². The number of aliphatic carboxylic acids is 1. The van der Waals surface area contributed by atoms with Gasteiger partial charge in [-0.15, -0.1) is 11.6 Å². The van der Waals surface area contributed by atoms with E-state index in [0.717, 1.165) is 48.2 Å². The van der Waals surface area contributed by atoms with E-state index in [9.17, 15) is 39.6 Å². The summed E-state index contributed by atoms with van der Waals surface area (Å²) in [5.74, 6) is -3.46. The fraction of sp³-hybridized carbons (Fsp3) is 0.447. The molecule has 0 aliphatic rings. The van der Waals surface area contributed by atoms with Gasteiger partial charge in [0, 0.05) is 17.1 Å². The van der Waals surface area contributed by atoms with Crippen LogP contribution in [0.5, 0.6) is 17.2 Å². The SMILES string of the molecule is C.C.CCOc1ccc(CO)cc1.CCOc1ccc(COC(=O)CS(=O)(=O)Cl)cc1.CCOc1ccc(COC(=O)CS(=O)(=O)OC)cc1.CCl.COS(=O)(=O)CC(=O)O. The van der Waals surface area contributed by atoms with Gasteiger partial charge < -0.3 is 33.9 Å². The van der Waals surface area contributed by atoms with Gasteiger partial charge in [-0.2, -0.15) is 16.8 Å². The maximum Gasteiger partial charge on any atom is 0.324 e. The van der Waals surface area contributed by atoms with Gasteiger partial charge in [0.15, 0.2) is 17.3 Å². The third-order valence-corrected chi connectivity index (χ3v) is 9.19. The highest BCUT2D eigenvalue weighted by molar-refractivity contribution is 8.14. The van der Waals surface area contributed by atoms with Crippen LogP contribution < -0.4 is 14.2 Å². The number of carbonyl (C=O) groups is 3. The highest BCUT2D eigenvalue weighted by Gasteiger charge is 2.17. The number of halogens is 2. The summed E-state index contributed by atoms with van der Waals surface area (Å²) in [5.41, 5.74) is 2.39. The summed E-state index contributed by atoms with van der Waals surface area (Å²) in [7, 11) is -4.68. The Balaban J connectivity index is -0.000000360. The summed E-state index contributed by atoms with van der Waals surface area (Å²) < 4.78 is 97.0. The number of aliphatic hydroxyl groups is 1. The summed E-state index contributed by atoms with van der Waals surface area (Å²) in [6.07, 6.45) is 1.47. The molecule has 3 rings (SSSR count). The molecule has 0 bridgehead atoms. The molecule has 0 saturated carbocycles. The molecule has 18 nitrogen and oxygen atoms in total. The molecule has 0 spiro atoms. The van der Waals surface area contributed by atoms with Crippen LogP contribution in [0.3, 0.4) is 0 Å². The van der Waals surface area contributed by atoms with Crippen molar-refractivity contribution < 1.29 is 81.9 Å². The van der Waals surface area contributed by atoms with Crippen LogP contribution in [0, 0.1) is 0 Å². The second-order valence-corrected chi connectivity index (χ2v) is 16.8. The number of alkyl halides is 1. The van der Waals surface area contributed by atoms with Crippen molar-refractivity contribution in [3.05, 3.63) is 89.5 Å². The molecule has 2 N–H and O–H groups in total. The number of carboxylic acid groups (broad SMARTS) is 1. The molecule has 0 heterocycles. The molecule has 0 aliphatic heterocycles. The topological polar surface area (TPSA) is 259 Å². The predicted octanol–water partition coefficient (Wildman–Crippen LogP) is 5.55. The van der Waals surface area contributed by atoms with E-state index in [-0.39, 0.29) is 34.7 Å². The minimum atomic E-state index is -3.86.